The van der Waals surface area contributed by atoms with Crippen molar-refractivity contribution in [1.82, 2.24) is 4.72 Å². The summed E-state index contributed by atoms with van der Waals surface area (Å²) in [4.78, 5) is 0. The van der Waals surface area contributed by atoms with Gasteiger partial charge in [0.1, 0.15) is 0 Å². The number of hydrogen-bond donors (Lipinski definition) is 2. The summed E-state index contributed by atoms with van der Waals surface area (Å²) in [6.45, 7) is 3.19. The molecule has 128 valence electrons. The largest absolute Gasteiger partial charge is 0.382 e. The lowest BCUT2D eigenvalue weighted by Gasteiger charge is -2.61. The molecule has 0 aliphatic heterocycles. The standard InChI is InChI=1S/C17H26N2O3S/c1-3-22-16-11-15(17(16)9-4-10-17)19-14-7-5-13(6-8-14)12-18-23(2,20)21/h5-8,15-16,18-19H,3-4,9-12H2,1-2H3/t15-,16-/m0/s1. The molecule has 0 aromatic heterocycles. The van der Waals surface area contributed by atoms with Crippen LogP contribution in [-0.4, -0.2) is 33.4 Å². The topological polar surface area (TPSA) is 67.4 Å². The van der Waals surface area contributed by atoms with Gasteiger partial charge in [-0.2, -0.15) is 0 Å². The number of ether oxygens (including phenoxy) is 1. The fourth-order valence-corrected chi connectivity index (χ4v) is 4.20. The van der Waals surface area contributed by atoms with Crippen LogP contribution in [0.5, 0.6) is 0 Å². The monoisotopic (exact) mass is 338 g/mol. The molecule has 2 aliphatic carbocycles. The van der Waals surface area contributed by atoms with Crippen LogP contribution in [0.25, 0.3) is 0 Å². The summed E-state index contributed by atoms with van der Waals surface area (Å²) in [5, 5.41) is 3.64. The maximum absolute atomic E-state index is 11.1. The minimum absolute atomic E-state index is 0.332. The molecular formula is C17H26N2O3S. The maximum atomic E-state index is 11.1. The van der Waals surface area contributed by atoms with Crippen LogP contribution in [0.2, 0.25) is 0 Å². The van der Waals surface area contributed by atoms with Gasteiger partial charge in [-0.1, -0.05) is 18.6 Å². The molecule has 2 aliphatic rings. The van der Waals surface area contributed by atoms with Gasteiger partial charge in [-0.05, 0) is 43.9 Å². The summed E-state index contributed by atoms with van der Waals surface area (Å²) >= 11 is 0. The van der Waals surface area contributed by atoms with Crippen LogP contribution >= 0.6 is 0 Å². The Morgan fingerprint density at radius 3 is 2.48 bits per heavy atom. The van der Waals surface area contributed by atoms with Crippen molar-refractivity contribution in [3.05, 3.63) is 29.8 Å². The Morgan fingerprint density at radius 1 is 1.26 bits per heavy atom. The summed E-state index contributed by atoms with van der Waals surface area (Å²) in [6.07, 6.45) is 6.48. The summed E-state index contributed by atoms with van der Waals surface area (Å²) in [6, 6.07) is 8.48. The minimum atomic E-state index is -3.15. The highest BCUT2D eigenvalue weighted by molar-refractivity contribution is 7.88. The number of benzene rings is 1. The molecule has 1 aromatic rings. The lowest BCUT2D eigenvalue weighted by molar-refractivity contribution is -0.157. The average Bonchev–Trinajstić information content (AvgIpc) is 2.42. The number of anilines is 1. The third-order valence-corrected chi connectivity index (χ3v) is 5.94. The molecule has 5 nitrogen and oxygen atoms in total. The van der Waals surface area contributed by atoms with Gasteiger partial charge in [-0.3, -0.25) is 0 Å². The molecule has 2 atom stereocenters. The molecule has 2 saturated carbocycles. The lowest BCUT2D eigenvalue weighted by atomic mass is 9.51. The maximum Gasteiger partial charge on any atom is 0.209 e. The van der Waals surface area contributed by atoms with Crippen LogP contribution < -0.4 is 10.0 Å². The molecule has 0 amide bonds. The second-order valence-electron chi connectivity index (χ2n) is 6.75. The van der Waals surface area contributed by atoms with Crippen LogP contribution in [0.1, 0.15) is 38.2 Å². The summed E-state index contributed by atoms with van der Waals surface area (Å²) in [5.74, 6) is 0. The Morgan fingerprint density at radius 2 is 1.96 bits per heavy atom. The van der Waals surface area contributed by atoms with E-state index in [1.807, 2.05) is 24.3 Å². The van der Waals surface area contributed by atoms with Crippen molar-refractivity contribution in [2.24, 2.45) is 5.41 Å². The summed E-state index contributed by atoms with van der Waals surface area (Å²) in [5.41, 5.74) is 2.39. The first kappa shape index (κ1) is 16.7. The second-order valence-corrected chi connectivity index (χ2v) is 8.59. The Labute approximate surface area is 138 Å². The van der Waals surface area contributed by atoms with E-state index >= 15 is 0 Å². The number of sulfonamides is 1. The normalized spacial score (nSPS) is 25.7. The molecule has 0 unspecified atom stereocenters. The molecule has 3 rings (SSSR count). The smallest absolute Gasteiger partial charge is 0.209 e. The molecule has 1 spiro atoms. The molecule has 0 heterocycles. The zero-order chi connectivity index (χ0) is 16.5. The van der Waals surface area contributed by atoms with Crippen molar-refractivity contribution in [3.63, 3.8) is 0 Å². The molecule has 23 heavy (non-hydrogen) atoms. The van der Waals surface area contributed by atoms with E-state index in [1.165, 1.54) is 25.5 Å². The third kappa shape index (κ3) is 3.54. The highest BCUT2D eigenvalue weighted by Gasteiger charge is 2.58. The molecule has 6 heteroatoms. The molecule has 0 saturated heterocycles. The van der Waals surface area contributed by atoms with E-state index in [2.05, 4.69) is 17.0 Å². The van der Waals surface area contributed by atoms with Gasteiger partial charge in [0.25, 0.3) is 0 Å². The fraction of sp³-hybridized carbons (Fsp3) is 0.647. The predicted molar refractivity (Wildman–Crippen MR) is 91.9 cm³/mol. The average molecular weight is 338 g/mol. The van der Waals surface area contributed by atoms with E-state index in [1.54, 1.807) is 0 Å². The molecule has 1 aromatic carbocycles. The highest BCUT2D eigenvalue weighted by Crippen LogP contribution is 2.58. The fourth-order valence-electron chi connectivity index (χ4n) is 3.78. The van der Waals surface area contributed by atoms with Crippen molar-refractivity contribution in [2.75, 3.05) is 18.2 Å². The van der Waals surface area contributed by atoms with Gasteiger partial charge in [0.05, 0.1) is 12.4 Å². The summed E-state index contributed by atoms with van der Waals surface area (Å²) < 4.78 is 30.6. The zero-order valence-corrected chi connectivity index (χ0v) is 14.7. The van der Waals surface area contributed by atoms with Crippen LogP contribution in [0.3, 0.4) is 0 Å². The van der Waals surface area contributed by atoms with E-state index in [-0.39, 0.29) is 0 Å². The van der Waals surface area contributed by atoms with Gasteiger partial charge >= 0.3 is 0 Å². The van der Waals surface area contributed by atoms with E-state index in [0.29, 0.717) is 24.1 Å². The van der Waals surface area contributed by atoms with Crippen molar-refractivity contribution in [2.45, 2.75) is 51.3 Å². The second kappa shape index (κ2) is 6.42. The lowest BCUT2D eigenvalue weighted by Crippen LogP contribution is -2.64. The van der Waals surface area contributed by atoms with Gasteiger partial charge in [-0.25, -0.2) is 13.1 Å². The van der Waals surface area contributed by atoms with Crippen LogP contribution in [0.4, 0.5) is 5.69 Å². The van der Waals surface area contributed by atoms with Crippen molar-refractivity contribution in [3.8, 4) is 0 Å². The third-order valence-electron chi connectivity index (χ3n) is 5.27. The zero-order valence-electron chi connectivity index (χ0n) is 13.8. The Balaban J connectivity index is 1.57. The molecular weight excluding hydrogens is 312 g/mol. The minimum Gasteiger partial charge on any atom is -0.382 e. The first-order valence-corrected chi connectivity index (χ1v) is 10.2. The van der Waals surface area contributed by atoms with E-state index in [9.17, 15) is 8.42 Å². The molecule has 2 fully saturated rings. The SMILES string of the molecule is CCO[C@H]1C[C@H](Nc2ccc(CNS(C)(=O)=O)cc2)C12CCC2. The molecule has 0 radical (unpaired) electrons. The summed E-state index contributed by atoms with van der Waals surface area (Å²) in [7, 11) is -3.15. The van der Waals surface area contributed by atoms with Gasteiger partial charge in [-0.15, -0.1) is 0 Å². The Bertz CT molecular complexity index is 638. The Kier molecular flexibility index (Phi) is 4.67. The van der Waals surface area contributed by atoms with E-state index in [0.717, 1.165) is 24.3 Å². The molecule has 0 bridgehead atoms. The van der Waals surface area contributed by atoms with E-state index in [4.69, 9.17) is 4.74 Å². The van der Waals surface area contributed by atoms with Crippen LogP contribution in [0, 0.1) is 5.41 Å². The molecule has 2 N–H and O–H groups in total. The van der Waals surface area contributed by atoms with Crippen molar-refractivity contribution < 1.29 is 13.2 Å². The van der Waals surface area contributed by atoms with Gasteiger partial charge < -0.3 is 10.1 Å². The van der Waals surface area contributed by atoms with Gasteiger partial charge in [0.15, 0.2) is 0 Å². The predicted octanol–water partition coefficient (Wildman–Crippen LogP) is 2.50. The number of rotatable bonds is 7. The van der Waals surface area contributed by atoms with Gasteiger partial charge in [0, 0.05) is 30.3 Å². The number of hydrogen-bond acceptors (Lipinski definition) is 4. The quantitative estimate of drug-likeness (QED) is 0.801. The van der Waals surface area contributed by atoms with Crippen molar-refractivity contribution in [1.29, 1.82) is 0 Å². The highest BCUT2D eigenvalue weighted by atomic mass is 32.2. The number of nitrogens with one attached hydrogen (secondary N) is 2. The van der Waals surface area contributed by atoms with Crippen LogP contribution in [-0.2, 0) is 21.3 Å². The van der Waals surface area contributed by atoms with E-state index < -0.39 is 10.0 Å². The first-order chi connectivity index (χ1) is 10.9. The van der Waals surface area contributed by atoms with Crippen LogP contribution in [0.15, 0.2) is 24.3 Å². The first-order valence-electron chi connectivity index (χ1n) is 8.35. The van der Waals surface area contributed by atoms with Gasteiger partial charge in [0.2, 0.25) is 10.0 Å². The van der Waals surface area contributed by atoms with Crippen molar-refractivity contribution >= 4 is 15.7 Å². The Hall–Kier alpha value is -1.11.